The highest BCUT2D eigenvalue weighted by molar-refractivity contribution is 5.96. The summed E-state index contributed by atoms with van der Waals surface area (Å²) in [4.78, 5) is 85.4. The molecule has 0 radical (unpaired) electrons. The van der Waals surface area contributed by atoms with Gasteiger partial charge in [0.15, 0.2) is 6.61 Å². The predicted octanol–water partition coefficient (Wildman–Crippen LogP) is 3.72. The SMILES string of the molecule is O=C(O)CCCNC(=O)[C@@H]1Cc2ccc(cc2)OCC(=O)N[C@@H](Cc2ccncc2)C(=O)N[C@H](Cc2ccc(-c3ccccc3)cc2)C(=O)N[C@@H](CCc2ccccc2)C(=O)N1. The number of hydrogen-bond acceptors (Lipinski definition) is 8. The molecule has 0 fully saturated rings. The van der Waals surface area contributed by atoms with Gasteiger partial charge in [-0.2, -0.15) is 0 Å². The standard InChI is InChI=1S/C48H50N6O8/c55-43-31-62-38-20-15-34(16-21-38)28-40(45(58)50-25-7-12-44(56)57)53-46(59)39(22-17-32-8-3-1-4-9-32)52-48(61)42(54-47(60)41(51-43)30-35-23-26-49-27-24-35)29-33-13-18-37(19-14-33)36-10-5-2-6-11-36/h1-6,8-11,13-16,18-21,23-24,26-27,39-42H,7,12,17,22,25,28-31H2,(H,50,58)(H,51,55)(H,52,61)(H,53,59)(H,54,60)(H,56,57)/t39-,40-,41-,42+/m0/s1. The Bertz CT molecular complexity index is 2280. The molecule has 0 saturated carbocycles. The van der Waals surface area contributed by atoms with Crippen LogP contribution in [0.2, 0.25) is 0 Å². The first-order valence-electron chi connectivity index (χ1n) is 20.6. The van der Waals surface area contributed by atoms with Crippen molar-refractivity contribution in [3.05, 3.63) is 156 Å². The lowest BCUT2D eigenvalue weighted by molar-refractivity contribution is -0.137. The van der Waals surface area contributed by atoms with E-state index in [0.717, 1.165) is 22.3 Å². The molecule has 6 N–H and O–H groups in total. The Morgan fingerprint density at radius 2 is 1.23 bits per heavy atom. The molecule has 0 unspecified atom stereocenters. The van der Waals surface area contributed by atoms with Crippen molar-refractivity contribution in [2.45, 2.75) is 69.1 Å². The number of nitrogens with one attached hydrogen (secondary N) is 5. The molecule has 1 aromatic heterocycles. The van der Waals surface area contributed by atoms with E-state index >= 15 is 0 Å². The summed E-state index contributed by atoms with van der Waals surface area (Å²) in [7, 11) is 0. The molecule has 0 saturated heterocycles. The number of carbonyl (C=O) groups excluding carboxylic acids is 5. The minimum Gasteiger partial charge on any atom is -0.484 e. The van der Waals surface area contributed by atoms with E-state index in [-0.39, 0.29) is 45.1 Å². The normalized spacial score (nSPS) is 18.6. The van der Waals surface area contributed by atoms with Crippen LogP contribution in [0.4, 0.5) is 0 Å². The van der Waals surface area contributed by atoms with Gasteiger partial charge in [-0.15, -0.1) is 0 Å². The summed E-state index contributed by atoms with van der Waals surface area (Å²) in [5.41, 5.74) is 4.97. The van der Waals surface area contributed by atoms with Crippen molar-refractivity contribution in [2.24, 2.45) is 0 Å². The molecule has 14 nitrogen and oxygen atoms in total. The fraction of sp³-hybridized carbons (Fsp3) is 0.271. The number of nitrogens with zero attached hydrogens (tertiary/aromatic N) is 1. The van der Waals surface area contributed by atoms with Crippen molar-refractivity contribution in [3.8, 4) is 16.9 Å². The van der Waals surface area contributed by atoms with Crippen molar-refractivity contribution in [1.82, 2.24) is 31.6 Å². The highest BCUT2D eigenvalue weighted by atomic mass is 16.5. The van der Waals surface area contributed by atoms with Gasteiger partial charge in [-0.25, -0.2) is 0 Å². The number of fused-ring (bicyclic) bond motifs is 16. The first-order chi connectivity index (χ1) is 30.1. The van der Waals surface area contributed by atoms with Gasteiger partial charge in [0.1, 0.15) is 29.9 Å². The number of carboxylic acid groups (broad SMARTS) is 1. The Balaban J connectivity index is 1.33. The van der Waals surface area contributed by atoms with Gasteiger partial charge in [0.25, 0.3) is 5.91 Å². The molecule has 4 atom stereocenters. The highest BCUT2D eigenvalue weighted by Crippen LogP contribution is 2.20. The summed E-state index contributed by atoms with van der Waals surface area (Å²) in [6.45, 7) is -0.353. The van der Waals surface area contributed by atoms with E-state index in [1.807, 2.05) is 84.9 Å². The maximum absolute atomic E-state index is 14.6. The minimum absolute atomic E-state index is 0.0358. The van der Waals surface area contributed by atoms with E-state index in [1.54, 1.807) is 48.8 Å². The predicted molar refractivity (Wildman–Crippen MR) is 232 cm³/mol. The largest absolute Gasteiger partial charge is 0.484 e. The lowest BCUT2D eigenvalue weighted by atomic mass is 9.98. The van der Waals surface area contributed by atoms with Gasteiger partial charge in [0.2, 0.25) is 23.6 Å². The number of amides is 5. The molecule has 14 heteroatoms. The lowest BCUT2D eigenvalue weighted by Gasteiger charge is -2.27. The van der Waals surface area contributed by atoms with Gasteiger partial charge in [-0.1, -0.05) is 97.1 Å². The van der Waals surface area contributed by atoms with Crippen molar-refractivity contribution >= 4 is 35.5 Å². The molecule has 2 bridgehead atoms. The van der Waals surface area contributed by atoms with Crippen LogP contribution >= 0.6 is 0 Å². The zero-order valence-electron chi connectivity index (χ0n) is 34.1. The second-order valence-electron chi connectivity index (χ2n) is 15.1. The van der Waals surface area contributed by atoms with E-state index < -0.39 is 66.3 Å². The first kappa shape index (κ1) is 44.2. The number of aliphatic carboxylic acids is 1. The molecule has 5 amide bonds. The summed E-state index contributed by atoms with van der Waals surface area (Å²) in [5, 5.41) is 23.2. The van der Waals surface area contributed by atoms with Crippen molar-refractivity contribution < 1.29 is 38.6 Å². The second-order valence-corrected chi connectivity index (χ2v) is 15.1. The maximum Gasteiger partial charge on any atom is 0.303 e. The third-order valence-corrected chi connectivity index (χ3v) is 10.4. The van der Waals surface area contributed by atoms with Gasteiger partial charge in [0.05, 0.1) is 0 Å². The van der Waals surface area contributed by atoms with Crippen LogP contribution in [0.25, 0.3) is 11.1 Å². The number of carbonyl (C=O) groups is 6. The molecule has 0 spiro atoms. The van der Waals surface area contributed by atoms with E-state index in [4.69, 9.17) is 9.84 Å². The Labute approximate surface area is 359 Å². The topological polar surface area (TPSA) is 205 Å². The Kier molecular flexibility index (Phi) is 15.9. The van der Waals surface area contributed by atoms with Crippen molar-refractivity contribution in [1.29, 1.82) is 0 Å². The summed E-state index contributed by atoms with van der Waals surface area (Å²) in [5.74, 6) is -3.68. The molecular weight excluding hydrogens is 789 g/mol. The Hall–Kier alpha value is -7.35. The molecule has 2 aliphatic heterocycles. The average molecular weight is 839 g/mol. The fourth-order valence-electron chi connectivity index (χ4n) is 7.04. The zero-order valence-corrected chi connectivity index (χ0v) is 34.1. The van der Waals surface area contributed by atoms with E-state index in [2.05, 4.69) is 31.6 Å². The van der Waals surface area contributed by atoms with Crippen LogP contribution in [0.1, 0.15) is 41.5 Å². The van der Waals surface area contributed by atoms with Crippen LogP contribution in [-0.2, 0) is 54.5 Å². The molecule has 5 aromatic rings. The van der Waals surface area contributed by atoms with Gasteiger partial charge in [0, 0.05) is 44.6 Å². The number of aromatic nitrogens is 1. The van der Waals surface area contributed by atoms with Gasteiger partial charge >= 0.3 is 5.97 Å². The van der Waals surface area contributed by atoms with Crippen molar-refractivity contribution in [2.75, 3.05) is 13.2 Å². The fourth-order valence-corrected chi connectivity index (χ4v) is 7.04. The van der Waals surface area contributed by atoms with Gasteiger partial charge in [-0.3, -0.25) is 33.8 Å². The minimum atomic E-state index is -1.21. The molecule has 7 rings (SSSR count). The second kappa shape index (κ2) is 22.3. The summed E-state index contributed by atoms with van der Waals surface area (Å²) >= 11 is 0. The summed E-state index contributed by atoms with van der Waals surface area (Å²) in [6, 6.07) is 32.3. The average Bonchev–Trinajstić information content (AvgIpc) is 3.29. The molecule has 2 aliphatic rings. The van der Waals surface area contributed by atoms with Crippen LogP contribution in [0.5, 0.6) is 5.75 Å². The maximum atomic E-state index is 14.6. The van der Waals surface area contributed by atoms with Gasteiger partial charge in [-0.05, 0) is 76.9 Å². The van der Waals surface area contributed by atoms with E-state index in [1.165, 1.54) is 0 Å². The molecule has 320 valence electrons. The monoisotopic (exact) mass is 838 g/mol. The summed E-state index contributed by atoms with van der Waals surface area (Å²) < 4.78 is 5.77. The molecular formula is C48H50N6O8. The Morgan fingerprint density at radius 3 is 1.89 bits per heavy atom. The molecule has 62 heavy (non-hydrogen) atoms. The molecule has 0 aliphatic carbocycles. The third kappa shape index (κ3) is 13.6. The number of pyridine rings is 1. The number of aryl methyl sites for hydroxylation is 1. The third-order valence-electron chi connectivity index (χ3n) is 10.4. The zero-order chi connectivity index (χ0) is 43.7. The number of hydrogen-bond donors (Lipinski definition) is 6. The lowest BCUT2D eigenvalue weighted by Crippen LogP contribution is -2.59. The van der Waals surface area contributed by atoms with E-state index in [0.29, 0.717) is 23.3 Å². The van der Waals surface area contributed by atoms with Crippen molar-refractivity contribution in [3.63, 3.8) is 0 Å². The quantitative estimate of drug-likeness (QED) is 0.0755. The van der Waals surface area contributed by atoms with Crippen LogP contribution in [0, 0.1) is 0 Å². The number of rotatable bonds is 13. The molecule has 3 heterocycles. The Morgan fingerprint density at radius 1 is 0.645 bits per heavy atom. The van der Waals surface area contributed by atoms with Crippen LogP contribution in [0.3, 0.4) is 0 Å². The smallest absolute Gasteiger partial charge is 0.303 e. The van der Waals surface area contributed by atoms with Crippen LogP contribution < -0.4 is 31.3 Å². The number of benzene rings is 4. The summed E-state index contributed by atoms with van der Waals surface area (Å²) in [6.07, 6.45) is 3.89. The molecule has 4 aromatic carbocycles. The van der Waals surface area contributed by atoms with Gasteiger partial charge < -0.3 is 36.4 Å². The number of carboxylic acids is 1. The van der Waals surface area contributed by atoms with Crippen LogP contribution in [-0.4, -0.2) is 82.9 Å². The first-order valence-corrected chi connectivity index (χ1v) is 20.6. The number of ether oxygens (including phenoxy) is 1. The van der Waals surface area contributed by atoms with E-state index in [9.17, 15) is 28.8 Å². The van der Waals surface area contributed by atoms with Crippen LogP contribution in [0.15, 0.2) is 134 Å². The highest BCUT2D eigenvalue weighted by Gasteiger charge is 2.32.